The number of hydrogen-bond donors (Lipinski definition) is 3. The number of hydrogen-bond acceptors (Lipinski definition) is 5. The summed E-state index contributed by atoms with van der Waals surface area (Å²) in [6.45, 7) is 0.148. The summed E-state index contributed by atoms with van der Waals surface area (Å²) in [4.78, 5) is 36.6. The molecule has 1 fully saturated rings. The molecule has 11 heteroatoms. The monoisotopic (exact) mass is 522 g/mol. The SMILES string of the molecule is O=C(NCCNC(=O)C1Cc2cc(F)ccc2S1)c1cc(F)c(O[C@H]2CC[C@@H](C(=O)O)CC2)c(F)c1. The minimum atomic E-state index is -1.02. The number of rotatable bonds is 8. The molecule has 2 aromatic carbocycles. The molecule has 0 radical (unpaired) electrons. The standard InChI is InChI=1S/C25H25F3N2O5S/c26-16-3-6-20-14(9-16)12-21(36-20)24(32)30-8-7-29-23(31)15-10-18(27)22(19(28)11-15)35-17-4-1-13(2-5-17)25(33)34/h3,6,9-11,13,17,21H,1-2,4-5,7-8,12H2,(H,29,31)(H,30,32)(H,33,34)/t13-,17+,21?. The van der Waals surface area contributed by atoms with E-state index in [1.165, 1.54) is 23.9 Å². The van der Waals surface area contributed by atoms with Crippen LogP contribution in [0.2, 0.25) is 0 Å². The Hall–Kier alpha value is -3.21. The Labute approximate surface area is 209 Å². The number of nitrogens with one attached hydrogen (secondary N) is 2. The zero-order valence-corrected chi connectivity index (χ0v) is 20.0. The molecule has 3 N–H and O–H groups in total. The average Bonchev–Trinajstić information content (AvgIpc) is 3.27. The lowest BCUT2D eigenvalue weighted by molar-refractivity contribution is -0.143. The van der Waals surface area contributed by atoms with Gasteiger partial charge in [0.15, 0.2) is 17.4 Å². The van der Waals surface area contributed by atoms with Crippen LogP contribution in [0.1, 0.15) is 41.6 Å². The maximum absolute atomic E-state index is 14.5. The highest BCUT2D eigenvalue weighted by Gasteiger charge is 2.29. The van der Waals surface area contributed by atoms with E-state index in [2.05, 4.69) is 10.6 Å². The van der Waals surface area contributed by atoms with E-state index < -0.39 is 46.5 Å². The lowest BCUT2D eigenvalue weighted by atomic mass is 9.87. The summed E-state index contributed by atoms with van der Waals surface area (Å²) in [7, 11) is 0. The maximum Gasteiger partial charge on any atom is 0.306 e. The number of thioether (sulfide) groups is 1. The molecule has 0 spiro atoms. The molecule has 1 saturated carbocycles. The molecule has 192 valence electrons. The van der Waals surface area contributed by atoms with Gasteiger partial charge in [-0.25, -0.2) is 13.2 Å². The van der Waals surface area contributed by atoms with E-state index in [-0.39, 0.29) is 30.4 Å². The molecule has 4 rings (SSSR count). The molecule has 0 aromatic heterocycles. The van der Waals surface area contributed by atoms with E-state index in [0.717, 1.165) is 22.6 Å². The normalized spacial score (nSPS) is 20.9. The molecule has 2 aliphatic rings. The molecule has 2 aromatic rings. The summed E-state index contributed by atoms with van der Waals surface area (Å²) in [5.41, 5.74) is 0.542. The van der Waals surface area contributed by atoms with Crippen molar-refractivity contribution >= 4 is 29.5 Å². The fraction of sp³-hybridized carbons (Fsp3) is 0.400. The number of carbonyl (C=O) groups is 3. The van der Waals surface area contributed by atoms with Crippen molar-refractivity contribution in [2.75, 3.05) is 13.1 Å². The number of ether oxygens (including phenoxy) is 1. The molecular weight excluding hydrogens is 497 g/mol. The van der Waals surface area contributed by atoms with E-state index in [1.54, 1.807) is 6.07 Å². The van der Waals surface area contributed by atoms with Crippen molar-refractivity contribution in [2.24, 2.45) is 5.92 Å². The first-order valence-corrected chi connectivity index (χ1v) is 12.5. The quantitative estimate of drug-likeness (QED) is 0.457. The van der Waals surface area contributed by atoms with Crippen molar-refractivity contribution in [3.05, 3.63) is 58.9 Å². The third-order valence-electron chi connectivity index (χ3n) is 6.27. The maximum atomic E-state index is 14.5. The molecule has 7 nitrogen and oxygen atoms in total. The smallest absolute Gasteiger partial charge is 0.306 e. The van der Waals surface area contributed by atoms with Gasteiger partial charge in [-0.15, -0.1) is 11.8 Å². The second kappa shape index (κ2) is 11.2. The van der Waals surface area contributed by atoms with Crippen LogP contribution in [-0.2, 0) is 16.0 Å². The molecule has 2 amide bonds. The zero-order chi connectivity index (χ0) is 25.8. The van der Waals surface area contributed by atoms with Crippen molar-refractivity contribution < 1.29 is 37.4 Å². The Morgan fingerprint density at radius 3 is 2.31 bits per heavy atom. The summed E-state index contributed by atoms with van der Waals surface area (Å²) in [5, 5.41) is 13.8. The largest absolute Gasteiger partial charge is 0.484 e. The van der Waals surface area contributed by atoms with Gasteiger partial charge in [0.2, 0.25) is 5.91 Å². The fourth-order valence-electron chi connectivity index (χ4n) is 4.34. The molecule has 0 saturated heterocycles. The zero-order valence-electron chi connectivity index (χ0n) is 19.2. The van der Waals surface area contributed by atoms with Gasteiger partial charge in [0.25, 0.3) is 5.91 Å². The highest BCUT2D eigenvalue weighted by molar-refractivity contribution is 8.01. The van der Waals surface area contributed by atoms with Gasteiger partial charge in [-0.3, -0.25) is 14.4 Å². The van der Waals surface area contributed by atoms with Crippen LogP contribution < -0.4 is 15.4 Å². The van der Waals surface area contributed by atoms with Crippen LogP contribution in [-0.4, -0.2) is 47.3 Å². The van der Waals surface area contributed by atoms with Gasteiger partial charge in [0.05, 0.1) is 17.3 Å². The molecular formula is C25H25F3N2O5S. The third kappa shape index (κ3) is 6.13. The molecule has 1 unspecified atom stereocenters. The highest BCUT2D eigenvalue weighted by Crippen LogP contribution is 2.37. The van der Waals surface area contributed by atoms with Crippen molar-refractivity contribution in [1.29, 1.82) is 0 Å². The Morgan fingerprint density at radius 1 is 0.972 bits per heavy atom. The van der Waals surface area contributed by atoms with Gasteiger partial charge in [-0.05, 0) is 68.0 Å². The van der Waals surface area contributed by atoms with Gasteiger partial charge in [0.1, 0.15) is 5.82 Å². The predicted molar refractivity (Wildman–Crippen MR) is 125 cm³/mol. The number of aliphatic carboxylic acids is 1. The van der Waals surface area contributed by atoms with Gasteiger partial charge < -0.3 is 20.5 Å². The van der Waals surface area contributed by atoms with Crippen LogP contribution in [0, 0.1) is 23.4 Å². The van der Waals surface area contributed by atoms with Crippen molar-refractivity contribution in [2.45, 2.75) is 48.4 Å². The van der Waals surface area contributed by atoms with Crippen LogP contribution >= 0.6 is 11.8 Å². The minimum absolute atomic E-state index is 0.0395. The minimum Gasteiger partial charge on any atom is -0.484 e. The van der Waals surface area contributed by atoms with E-state index in [1.807, 2.05) is 0 Å². The molecule has 36 heavy (non-hydrogen) atoms. The van der Waals surface area contributed by atoms with Crippen LogP contribution in [0.5, 0.6) is 5.75 Å². The predicted octanol–water partition coefficient (Wildman–Crippen LogP) is 3.69. The Kier molecular flexibility index (Phi) is 8.07. The number of halogens is 3. The van der Waals surface area contributed by atoms with E-state index >= 15 is 0 Å². The van der Waals surface area contributed by atoms with E-state index in [9.17, 15) is 27.6 Å². The van der Waals surface area contributed by atoms with E-state index in [0.29, 0.717) is 32.1 Å². The van der Waals surface area contributed by atoms with Gasteiger partial charge >= 0.3 is 5.97 Å². The Morgan fingerprint density at radius 2 is 1.64 bits per heavy atom. The number of carboxylic acids is 1. The molecule has 0 bridgehead atoms. The number of amides is 2. The molecule has 1 aliphatic heterocycles. The van der Waals surface area contributed by atoms with Crippen molar-refractivity contribution in [3.63, 3.8) is 0 Å². The lowest BCUT2D eigenvalue weighted by Crippen LogP contribution is -2.38. The van der Waals surface area contributed by atoms with E-state index in [4.69, 9.17) is 9.84 Å². The highest BCUT2D eigenvalue weighted by atomic mass is 32.2. The molecule has 1 heterocycles. The third-order valence-corrected chi connectivity index (χ3v) is 7.59. The van der Waals surface area contributed by atoms with Gasteiger partial charge in [-0.2, -0.15) is 0 Å². The molecule has 1 aliphatic carbocycles. The summed E-state index contributed by atoms with van der Waals surface area (Å²) in [6.07, 6.45) is 1.37. The van der Waals surface area contributed by atoms with Crippen LogP contribution in [0.4, 0.5) is 13.2 Å². The van der Waals surface area contributed by atoms with Crippen LogP contribution in [0.3, 0.4) is 0 Å². The second-order valence-corrected chi connectivity index (χ2v) is 10.1. The molecule has 1 atom stereocenters. The van der Waals surface area contributed by atoms with Gasteiger partial charge in [0, 0.05) is 23.5 Å². The second-order valence-electron chi connectivity index (χ2n) is 8.81. The summed E-state index contributed by atoms with van der Waals surface area (Å²) >= 11 is 1.34. The van der Waals surface area contributed by atoms with Crippen molar-refractivity contribution in [3.8, 4) is 5.75 Å². The van der Waals surface area contributed by atoms with Crippen molar-refractivity contribution in [1.82, 2.24) is 10.6 Å². The van der Waals surface area contributed by atoms with Crippen LogP contribution in [0.25, 0.3) is 0 Å². The first-order valence-electron chi connectivity index (χ1n) is 11.6. The number of benzene rings is 2. The number of fused-ring (bicyclic) bond motifs is 1. The number of carbonyl (C=O) groups excluding carboxylic acids is 2. The summed E-state index contributed by atoms with van der Waals surface area (Å²) < 4.78 is 47.8. The van der Waals surface area contributed by atoms with Gasteiger partial charge in [-0.1, -0.05) is 0 Å². The Balaban J connectivity index is 1.23. The first kappa shape index (κ1) is 25.9. The number of carboxylic acid groups (broad SMARTS) is 1. The van der Waals surface area contributed by atoms with Crippen LogP contribution in [0.15, 0.2) is 35.2 Å². The fourth-order valence-corrected chi connectivity index (χ4v) is 5.54. The average molecular weight is 523 g/mol. The summed E-state index contributed by atoms with van der Waals surface area (Å²) in [6, 6.07) is 6.15. The Bertz CT molecular complexity index is 1150. The first-order chi connectivity index (χ1) is 17.2. The lowest BCUT2D eigenvalue weighted by Gasteiger charge is -2.27. The topological polar surface area (TPSA) is 105 Å². The summed E-state index contributed by atoms with van der Waals surface area (Å²) in [5.74, 6) is -5.32.